The van der Waals surface area contributed by atoms with Crippen molar-refractivity contribution in [3.63, 3.8) is 0 Å². The maximum absolute atomic E-state index is 12.7. The fraction of sp³-hybridized carbons (Fsp3) is 0. The van der Waals surface area contributed by atoms with E-state index in [-0.39, 0.29) is 5.82 Å². The highest BCUT2D eigenvalue weighted by Gasteiger charge is 2.02. The van der Waals surface area contributed by atoms with E-state index >= 15 is 0 Å². The van der Waals surface area contributed by atoms with Crippen molar-refractivity contribution in [1.29, 1.82) is 0 Å². The molecule has 4 heteroatoms. The Kier molecular flexibility index (Phi) is 2.91. The first kappa shape index (κ1) is 10.3. The number of rotatable bonds is 3. The summed E-state index contributed by atoms with van der Waals surface area (Å²) in [6.07, 6.45) is 5.01. The summed E-state index contributed by atoms with van der Waals surface area (Å²) in [4.78, 5) is 14.6. The van der Waals surface area contributed by atoms with Crippen molar-refractivity contribution in [2.24, 2.45) is 0 Å². The number of hydrogen-bond acceptors (Lipinski definition) is 3. The molecular weight excluding hydrogens is 209 g/mol. The van der Waals surface area contributed by atoms with Crippen molar-refractivity contribution in [3.05, 3.63) is 54.0 Å². The minimum Gasteiger partial charge on any atom is -0.444 e. The van der Waals surface area contributed by atoms with Crippen LogP contribution in [0.4, 0.5) is 4.39 Å². The summed E-state index contributed by atoms with van der Waals surface area (Å²) in [5, 5.41) is 0. The van der Waals surface area contributed by atoms with Gasteiger partial charge in [0.15, 0.2) is 12.7 Å². The number of nitrogens with zero attached hydrogens (tertiary/aromatic N) is 1. The lowest BCUT2D eigenvalue weighted by atomic mass is 10.1. The van der Waals surface area contributed by atoms with Crippen LogP contribution in [0.2, 0.25) is 0 Å². The number of carbonyl (C=O) groups excluding carboxylic acids is 1. The van der Waals surface area contributed by atoms with Gasteiger partial charge >= 0.3 is 0 Å². The van der Waals surface area contributed by atoms with Gasteiger partial charge in [-0.25, -0.2) is 9.37 Å². The van der Waals surface area contributed by atoms with E-state index in [0.717, 1.165) is 0 Å². The van der Waals surface area contributed by atoms with Gasteiger partial charge in [-0.2, -0.15) is 0 Å². The summed E-state index contributed by atoms with van der Waals surface area (Å²) in [6, 6.07) is 5.66. The molecule has 0 radical (unpaired) electrons. The molecule has 0 bridgehead atoms. The van der Waals surface area contributed by atoms with E-state index in [1.807, 2.05) is 0 Å². The molecule has 0 amide bonds. The Morgan fingerprint density at radius 1 is 1.31 bits per heavy atom. The minimum atomic E-state index is -0.339. The van der Waals surface area contributed by atoms with Crippen LogP contribution in [0.25, 0.3) is 11.6 Å². The van der Waals surface area contributed by atoms with E-state index in [1.165, 1.54) is 36.9 Å². The number of aromatic nitrogens is 1. The molecule has 16 heavy (non-hydrogen) atoms. The monoisotopic (exact) mass is 217 g/mol. The van der Waals surface area contributed by atoms with E-state index in [9.17, 15) is 9.18 Å². The molecule has 2 rings (SSSR count). The van der Waals surface area contributed by atoms with E-state index in [0.29, 0.717) is 23.2 Å². The average Bonchev–Trinajstić information content (AvgIpc) is 2.80. The number of allylic oxidation sites excluding steroid dienone is 1. The molecule has 0 N–H and O–H groups in total. The first-order chi connectivity index (χ1) is 7.79. The van der Waals surface area contributed by atoms with Gasteiger partial charge < -0.3 is 4.42 Å². The summed E-state index contributed by atoms with van der Waals surface area (Å²) in [5.74, 6) is 0.139. The van der Waals surface area contributed by atoms with Crippen LogP contribution in [-0.2, 0) is 4.79 Å². The Balaban J connectivity index is 2.36. The fourth-order valence-electron chi connectivity index (χ4n) is 1.28. The van der Waals surface area contributed by atoms with Gasteiger partial charge in [-0.1, -0.05) is 12.1 Å². The Morgan fingerprint density at radius 3 is 2.62 bits per heavy atom. The van der Waals surface area contributed by atoms with Crippen molar-refractivity contribution >= 4 is 17.9 Å². The Bertz CT molecular complexity index is 500. The molecule has 3 nitrogen and oxygen atoms in total. The summed E-state index contributed by atoms with van der Waals surface area (Å²) in [5.41, 5.74) is 1.05. The molecule has 0 saturated heterocycles. The summed E-state index contributed by atoms with van der Waals surface area (Å²) in [7, 11) is 0. The van der Waals surface area contributed by atoms with Crippen LogP contribution < -0.4 is 0 Å². The smallest absolute Gasteiger partial charge is 0.181 e. The molecule has 0 saturated carbocycles. The quantitative estimate of drug-likeness (QED) is 0.586. The molecule has 1 aromatic heterocycles. The third-order valence-electron chi connectivity index (χ3n) is 2.05. The van der Waals surface area contributed by atoms with Crippen LogP contribution in [0.5, 0.6) is 0 Å². The molecule has 0 fully saturated rings. The van der Waals surface area contributed by atoms with Crippen LogP contribution >= 0.6 is 0 Å². The van der Waals surface area contributed by atoms with Gasteiger partial charge in [0, 0.05) is 5.57 Å². The van der Waals surface area contributed by atoms with E-state index in [1.54, 1.807) is 6.08 Å². The highest BCUT2D eigenvalue weighted by molar-refractivity contribution is 6.12. The maximum atomic E-state index is 12.7. The molecule has 2 aromatic rings. The predicted octanol–water partition coefficient (Wildman–Crippen LogP) is 2.55. The van der Waals surface area contributed by atoms with Crippen molar-refractivity contribution in [2.75, 3.05) is 0 Å². The molecule has 0 spiro atoms. The molecular formula is C12H8FNO2. The normalized spacial score (nSPS) is 11.4. The van der Waals surface area contributed by atoms with Crippen LogP contribution in [0.1, 0.15) is 11.3 Å². The van der Waals surface area contributed by atoms with Crippen LogP contribution in [0, 0.1) is 5.82 Å². The number of carbonyl (C=O) groups is 1. The first-order valence-electron chi connectivity index (χ1n) is 4.61. The van der Waals surface area contributed by atoms with Gasteiger partial charge in [0.2, 0.25) is 0 Å². The first-order valence-corrected chi connectivity index (χ1v) is 4.61. The number of hydrogen-bond donors (Lipinski definition) is 0. The average molecular weight is 217 g/mol. The second-order valence-corrected chi connectivity index (χ2v) is 3.13. The van der Waals surface area contributed by atoms with E-state index < -0.39 is 0 Å². The summed E-state index contributed by atoms with van der Waals surface area (Å²) in [6.45, 7) is 0. The number of aldehydes is 1. The van der Waals surface area contributed by atoms with Crippen molar-refractivity contribution in [1.82, 2.24) is 4.98 Å². The Labute approximate surface area is 91.2 Å². The second-order valence-electron chi connectivity index (χ2n) is 3.13. The Hall–Kier alpha value is -2.23. The molecule has 0 aliphatic carbocycles. The third-order valence-corrected chi connectivity index (χ3v) is 2.05. The van der Waals surface area contributed by atoms with E-state index in [4.69, 9.17) is 4.42 Å². The van der Waals surface area contributed by atoms with Crippen LogP contribution in [0.3, 0.4) is 0 Å². The molecule has 0 aliphatic rings. The van der Waals surface area contributed by atoms with Gasteiger partial charge in [-0.05, 0) is 23.8 Å². The maximum Gasteiger partial charge on any atom is 0.181 e. The zero-order valence-electron chi connectivity index (χ0n) is 8.26. The lowest BCUT2D eigenvalue weighted by Gasteiger charge is -1.98. The highest BCUT2D eigenvalue weighted by Crippen LogP contribution is 2.16. The highest BCUT2D eigenvalue weighted by atomic mass is 19.1. The number of oxazole rings is 1. The van der Waals surface area contributed by atoms with Crippen molar-refractivity contribution in [2.45, 2.75) is 0 Å². The molecule has 0 unspecified atom stereocenters. The molecule has 0 aliphatic heterocycles. The van der Waals surface area contributed by atoms with Gasteiger partial charge in [0.1, 0.15) is 11.6 Å². The number of benzene rings is 1. The predicted molar refractivity (Wildman–Crippen MR) is 56.8 cm³/mol. The van der Waals surface area contributed by atoms with Gasteiger partial charge in [0.25, 0.3) is 0 Å². The zero-order chi connectivity index (χ0) is 11.4. The van der Waals surface area contributed by atoms with E-state index in [2.05, 4.69) is 4.98 Å². The second kappa shape index (κ2) is 4.53. The largest absolute Gasteiger partial charge is 0.444 e. The lowest BCUT2D eigenvalue weighted by molar-refractivity contribution is -0.103. The van der Waals surface area contributed by atoms with Crippen LogP contribution in [0.15, 0.2) is 41.3 Å². The lowest BCUT2D eigenvalue weighted by Crippen LogP contribution is -1.86. The van der Waals surface area contributed by atoms with Crippen molar-refractivity contribution in [3.8, 4) is 0 Å². The topological polar surface area (TPSA) is 43.1 Å². The molecule has 0 atom stereocenters. The SMILES string of the molecule is O=CC(=Cc1cnco1)c1ccc(F)cc1. The minimum absolute atomic E-state index is 0.339. The fourth-order valence-corrected chi connectivity index (χ4v) is 1.28. The standard InChI is InChI=1S/C12H8FNO2/c13-11-3-1-9(2-4-11)10(7-15)5-12-6-14-8-16-12/h1-8H. The zero-order valence-corrected chi connectivity index (χ0v) is 8.26. The molecule has 80 valence electrons. The van der Waals surface area contributed by atoms with Crippen molar-refractivity contribution < 1.29 is 13.6 Å². The molecule has 1 heterocycles. The molecule has 1 aromatic carbocycles. The van der Waals surface area contributed by atoms with Gasteiger partial charge in [-0.3, -0.25) is 4.79 Å². The third kappa shape index (κ3) is 2.23. The summed E-state index contributed by atoms with van der Waals surface area (Å²) < 4.78 is 17.7. The number of halogens is 1. The van der Waals surface area contributed by atoms with Crippen LogP contribution in [-0.4, -0.2) is 11.3 Å². The Morgan fingerprint density at radius 2 is 2.06 bits per heavy atom. The van der Waals surface area contributed by atoms with Gasteiger partial charge in [0.05, 0.1) is 6.20 Å². The summed E-state index contributed by atoms with van der Waals surface area (Å²) >= 11 is 0. The van der Waals surface area contributed by atoms with Gasteiger partial charge in [-0.15, -0.1) is 0 Å².